The van der Waals surface area contributed by atoms with Crippen molar-refractivity contribution in [2.45, 2.75) is 71.8 Å². The molecule has 0 unspecified atom stereocenters. The molecule has 1 aromatic rings. The van der Waals surface area contributed by atoms with Crippen LogP contribution in [0.25, 0.3) is 5.57 Å². The first kappa shape index (κ1) is 18.7. The topological polar surface area (TPSA) is 63.3 Å². The predicted octanol–water partition coefficient (Wildman–Crippen LogP) is 4.50. The highest BCUT2D eigenvalue weighted by Crippen LogP contribution is 2.36. The molecule has 3 heteroatoms. The highest BCUT2D eigenvalue weighted by molar-refractivity contribution is 6.25. The van der Waals surface area contributed by atoms with E-state index in [4.69, 9.17) is 5.73 Å². The van der Waals surface area contributed by atoms with E-state index in [1.165, 1.54) is 5.56 Å². The molecule has 3 N–H and O–H groups in total. The minimum absolute atomic E-state index is 0.106. The molecule has 0 radical (unpaired) electrons. The summed E-state index contributed by atoms with van der Waals surface area (Å²) in [6.07, 6.45) is 5.95. The van der Waals surface area contributed by atoms with Crippen molar-refractivity contribution in [1.82, 2.24) is 0 Å². The largest absolute Gasteiger partial charge is 0.515 e. The van der Waals surface area contributed by atoms with Gasteiger partial charge in [-0.25, -0.2) is 0 Å². The molecule has 1 fully saturated rings. The lowest BCUT2D eigenvalue weighted by Gasteiger charge is -2.35. The molecule has 0 bridgehead atoms. The van der Waals surface area contributed by atoms with Gasteiger partial charge in [-0.05, 0) is 68.1 Å². The van der Waals surface area contributed by atoms with E-state index < -0.39 is 5.54 Å². The van der Waals surface area contributed by atoms with E-state index in [1.54, 1.807) is 0 Å². The van der Waals surface area contributed by atoms with Gasteiger partial charge in [-0.2, -0.15) is 0 Å². The highest BCUT2D eigenvalue weighted by Gasteiger charge is 2.39. The van der Waals surface area contributed by atoms with E-state index in [9.17, 15) is 9.90 Å². The zero-order valence-electron chi connectivity index (χ0n) is 15.5. The molecular formula is C21H31NO2. The van der Waals surface area contributed by atoms with Gasteiger partial charge in [-0.3, -0.25) is 4.79 Å². The molecule has 0 aliphatic heterocycles. The Morgan fingerprint density at radius 3 is 2.17 bits per heavy atom. The maximum atomic E-state index is 13.2. The van der Waals surface area contributed by atoms with Crippen LogP contribution in [0, 0.1) is 12.8 Å². The van der Waals surface area contributed by atoms with E-state index in [0.717, 1.165) is 48.6 Å². The molecule has 1 saturated carbocycles. The van der Waals surface area contributed by atoms with Crippen molar-refractivity contribution in [3.05, 3.63) is 40.6 Å². The second kappa shape index (κ2) is 7.52. The maximum Gasteiger partial charge on any atom is 0.186 e. The number of hydrogen-bond acceptors (Lipinski definition) is 3. The van der Waals surface area contributed by atoms with Crippen LogP contribution in [0.2, 0.25) is 0 Å². The molecule has 2 rings (SSSR count). The third-order valence-electron chi connectivity index (χ3n) is 5.47. The molecule has 0 atom stereocenters. The molecule has 1 aromatic carbocycles. The van der Waals surface area contributed by atoms with Crippen LogP contribution >= 0.6 is 0 Å². The Bertz CT molecular complexity index is 612. The summed E-state index contributed by atoms with van der Waals surface area (Å²) in [4.78, 5) is 13.2. The summed E-state index contributed by atoms with van der Waals surface area (Å²) in [6, 6.07) is 4.22. The summed E-state index contributed by atoms with van der Waals surface area (Å²) in [6.45, 7) is 8.44. The summed E-state index contributed by atoms with van der Waals surface area (Å²) in [5, 5.41) is 9.92. The Balaban J connectivity index is 2.48. The van der Waals surface area contributed by atoms with Crippen LogP contribution < -0.4 is 5.73 Å². The first-order valence-corrected chi connectivity index (χ1v) is 9.17. The molecule has 0 spiro atoms. The first-order valence-electron chi connectivity index (χ1n) is 9.17. The number of benzene rings is 1. The summed E-state index contributed by atoms with van der Waals surface area (Å²) in [5.74, 6) is 0.512. The van der Waals surface area contributed by atoms with Crippen LogP contribution in [0.3, 0.4) is 0 Å². The van der Waals surface area contributed by atoms with Crippen molar-refractivity contribution in [1.29, 1.82) is 0 Å². The molecule has 3 nitrogen and oxygen atoms in total. The third kappa shape index (κ3) is 3.56. The third-order valence-corrected chi connectivity index (χ3v) is 5.47. The first-order chi connectivity index (χ1) is 11.4. The van der Waals surface area contributed by atoms with Crippen LogP contribution in [0.15, 0.2) is 18.4 Å². The summed E-state index contributed by atoms with van der Waals surface area (Å²) < 4.78 is 0. The van der Waals surface area contributed by atoms with Gasteiger partial charge in [0.1, 0.15) is 0 Å². The number of aryl methyl sites for hydroxylation is 3. The van der Waals surface area contributed by atoms with Gasteiger partial charge in [0.25, 0.3) is 0 Å². The van der Waals surface area contributed by atoms with Crippen molar-refractivity contribution in [3.63, 3.8) is 0 Å². The van der Waals surface area contributed by atoms with Crippen LogP contribution in [0.1, 0.15) is 68.7 Å². The highest BCUT2D eigenvalue weighted by atomic mass is 16.2. The fourth-order valence-corrected chi connectivity index (χ4v) is 3.85. The normalized spacial score (nSPS) is 24.9. The Labute approximate surface area is 146 Å². The zero-order chi connectivity index (χ0) is 17.9. The minimum atomic E-state index is -0.845. The Morgan fingerprint density at radius 1 is 1.25 bits per heavy atom. The van der Waals surface area contributed by atoms with Crippen molar-refractivity contribution in [2.24, 2.45) is 11.7 Å². The van der Waals surface area contributed by atoms with E-state index in [0.29, 0.717) is 24.3 Å². The van der Waals surface area contributed by atoms with Crippen molar-refractivity contribution >= 4 is 11.4 Å². The molecule has 1 aliphatic rings. The summed E-state index contributed by atoms with van der Waals surface area (Å²) in [7, 11) is 0. The smallest absolute Gasteiger partial charge is 0.186 e. The van der Waals surface area contributed by atoms with Gasteiger partial charge in [0, 0.05) is 0 Å². The van der Waals surface area contributed by atoms with Gasteiger partial charge < -0.3 is 10.8 Å². The molecule has 24 heavy (non-hydrogen) atoms. The number of Topliss-reactive ketones (excluding diaryl/α,β-unsaturated/α-hetero) is 1. The molecule has 0 aromatic heterocycles. The predicted molar refractivity (Wildman–Crippen MR) is 100 cm³/mol. The van der Waals surface area contributed by atoms with Crippen LogP contribution in [0.4, 0.5) is 0 Å². The van der Waals surface area contributed by atoms with Crippen molar-refractivity contribution < 1.29 is 9.90 Å². The van der Waals surface area contributed by atoms with Crippen LogP contribution in [0.5, 0.6) is 0 Å². The van der Waals surface area contributed by atoms with Gasteiger partial charge in [-0.1, -0.05) is 38.5 Å². The maximum absolute atomic E-state index is 13.2. The van der Waals surface area contributed by atoms with Gasteiger partial charge in [0.2, 0.25) is 0 Å². The monoisotopic (exact) mass is 329 g/mol. The zero-order valence-corrected chi connectivity index (χ0v) is 15.5. The standard InChI is InChI=1S/C21H31NO2/c1-5-16-11-15(4)12-17(6-2)19(16)18(13-23)20(24)21(22)9-7-14(3)8-10-21/h11-14,23H,5-10,22H2,1-4H3. The Hall–Kier alpha value is -1.61. The second-order valence-corrected chi connectivity index (χ2v) is 7.38. The average Bonchev–Trinajstić information content (AvgIpc) is 2.58. The van der Waals surface area contributed by atoms with Crippen LogP contribution in [-0.4, -0.2) is 16.4 Å². The molecule has 132 valence electrons. The number of carbonyl (C=O) groups excluding carboxylic acids is 1. The number of aliphatic hydroxyl groups is 1. The van der Waals surface area contributed by atoms with Gasteiger partial charge in [0.15, 0.2) is 5.78 Å². The Kier molecular flexibility index (Phi) is 5.87. The fourth-order valence-electron chi connectivity index (χ4n) is 3.85. The average molecular weight is 329 g/mol. The molecular weight excluding hydrogens is 298 g/mol. The van der Waals surface area contributed by atoms with E-state index in [1.807, 2.05) is 0 Å². The summed E-state index contributed by atoms with van der Waals surface area (Å²) >= 11 is 0. The number of ketones is 1. The van der Waals surface area contributed by atoms with E-state index in [2.05, 4.69) is 39.8 Å². The molecule has 0 saturated heterocycles. The van der Waals surface area contributed by atoms with E-state index in [-0.39, 0.29) is 5.78 Å². The van der Waals surface area contributed by atoms with Gasteiger partial charge >= 0.3 is 0 Å². The number of aliphatic hydroxyl groups excluding tert-OH is 1. The lowest BCUT2D eigenvalue weighted by molar-refractivity contribution is -0.119. The van der Waals surface area contributed by atoms with Gasteiger partial charge in [0.05, 0.1) is 17.4 Å². The second-order valence-electron chi connectivity index (χ2n) is 7.38. The molecule has 0 amide bonds. The quantitative estimate of drug-likeness (QED) is 0.618. The Morgan fingerprint density at radius 2 is 1.75 bits per heavy atom. The molecule has 1 aliphatic carbocycles. The number of carbonyl (C=O) groups is 1. The number of nitrogens with two attached hydrogens (primary N) is 1. The minimum Gasteiger partial charge on any atom is -0.515 e. The number of hydrogen-bond donors (Lipinski definition) is 2. The number of rotatable bonds is 5. The fraction of sp³-hybridized carbons (Fsp3) is 0.571. The SMILES string of the molecule is CCc1cc(C)cc(CC)c1C(=CO)C(=O)C1(N)CCC(C)CC1. The van der Waals surface area contributed by atoms with Crippen LogP contribution in [-0.2, 0) is 17.6 Å². The van der Waals surface area contributed by atoms with Crippen molar-refractivity contribution in [3.8, 4) is 0 Å². The lowest BCUT2D eigenvalue weighted by atomic mass is 9.72. The van der Waals surface area contributed by atoms with Crippen molar-refractivity contribution in [2.75, 3.05) is 0 Å². The molecule has 0 heterocycles. The lowest BCUT2D eigenvalue weighted by Crippen LogP contribution is -2.50. The summed E-state index contributed by atoms with van der Waals surface area (Å²) in [5.41, 5.74) is 10.3. The van der Waals surface area contributed by atoms with E-state index >= 15 is 0 Å². The van der Waals surface area contributed by atoms with Gasteiger partial charge in [-0.15, -0.1) is 0 Å².